The monoisotopic (exact) mass is 559 g/mol. The molecule has 2 aromatic rings. The summed E-state index contributed by atoms with van der Waals surface area (Å²) in [6.45, 7) is 0. The van der Waals surface area contributed by atoms with Crippen molar-refractivity contribution in [2.45, 2.75) is 62.0 Å². The lowest BCUT2D eigenvalue weighted by Gasteiger charge is -2.53. The molecule has 0 amide bonds. The molecule has 0 unspecified atom stereocenters. The Morgan fingerprint density at radius 1 is 0.889 bits per heavy atom. The van der Waals surface area contributed by atoms with E-state index in [0.717, 1.165) is 22.4 Å². The van der Waals surface area contributed by atoms with E-state index in [-0.39, 0.29) is 12.2 Å². The summed E-state index contributed by atoms with van der Waals surface area (Å²) in [5, 5.41) is 7.89. The van der Waals surface area contributed by atoms with Crippen LogP contribution in [-0.2, 0) is 31.5 Å². The lowest BCUT2D eigenvalue weighted by Crippen LogP contribution is -2.47. The Morgan fingerprint density at radius 2 is 1.44 bits per heavy atom. The molecule has 3 fully saturated rings. The zero-order valence-electron chi connectivity index (χ0n) is 19.0. The van der Waals surface area contributed by atoms with Crippen molar-refractivity contribution >= 4 is 19.9 Å². The van der Waals surface area contributed by atoms with Gasteiger partial charge >= 0.3 is 11.7 Å². The van der Waals surface area contributed by atoms with Crippen LogP contribution in [-0.4, -0.2) is 48.5 Å². The van der Waals surface area contributed by atoms with Crippen molar-refractivity contribution < 1.29 is 43.2 Å². The molecule has 3 saturated carbocycles. The second-order valence-electron chi connectivity index (χ2n) is 9.71. The van der Waals surface area contributed by atoms with E-state index < -0.39 is 65.1 Å². The molecule has 3 aliphatic rings. The number of nitrogens with zero attached hydrogens (tertiary/aromatic N) is 3. The van der Waals surface area contributed by atoms with E-state index in [1.165, 1.54) is 12.1 Å². The molecule has 200 valence electrons. The lowest BCUT2D eigenvalue weighted by molar-refractivity contribution is -0.137. The molecular formula is C21H23F6N3O4S2. The maximum Gasteiger partial charge on any atom is 0.497 e. The predicted molar refractivity (Wildman–Crippen MR) is 117 cm³/mol. The molecule has 15 heteroatoms. The Morgan fingerprint density at radius 3 is 1.94 bits per heavy atom. The van der Waals surface area contributed by atoms with Gasteiger partial charge in [0.1, 0.15) is 0 Å². The van der Waals surface area contributed by atoms with Crippen molar-refractivity contribution in [1.29, 1.82) is 0 Å². The molecule has 1 heterocycles. The molecule has 2 bridgehead atoms. The van der Waals surface area contributed by atoms with Crippen LogP contribution in [0.25, 0.3) is 11.4 Å². The van der Waals surface area contributed by atoms with Gasteiger partial charge in [-0.2, -0.15) is 26.3 Å². The number of fused-ring (bicyclic) bond motifs is 3. The Bertz CT molecular complexity index is 1360. The van der Waals surface area contributed by atoms with Gasteiger partial charge in [0.05, 0.1) is 17.6 Å². The van der Waals surface area contributed by atoms with Crippen molar-refractivity contribution in [2.24, 2.45) is 5.41 Å². The molecule has 5 rings (SSSR count). The summed E-state index contributed by atoms with van der Waals surface area (Å²) >= 11 is 0. The molecular weight excluding hydrogens is 536 g/mol. The average Bonchev–Trinajstić information content (AvgIpc) is 3.25. The summed E-state index contributed by atoms with van der Waals surface area (Å²) in [6.07, 6.45) is -2.19. The molecule has 36 heavy (non-hydrogen) atoms. The molecule has 1 aromatic heterocycles. The molecule has 0 radical (unpaired) electrons. The van der Waals surface area contributed by atoms with Gasteiger partial charge in [-0.05, 0) is 56.4 Å². The number of halogens is 6. The summed E-state index contributed by atoms with van der Waals surface area (Å²) in [5.74, 6) is -1.50. The van der Waals surface area contributed by atoms with Gasteiger partial charge in [-0.25, -0.2) is 20.8 Å². The Kier molecular flexibility index (Phi) is 6.30. The first kappa shape index (κ1) is 26.9. The number of aromatic nitrogens is 3. The zero-order valence-corrected chi connectivity index (χ0v) is 20.7. The summed E-state index contributed by atoms with van der Waals surface area (Å²) < 4.78 is 129. The average molecular weight is 560 g/mol. The van der Waals surface area contributed by atoms with Gasteiger partial charge in [0.15, 0.2) is 11.6 Å². The van der Waals surface area contributed by atoms with Crippen LogP contribution in [0, 0.1) is 5.41 Å². The molecule has 0 N–H and O–H groups in total. The summed E-state index contributed by atoms with van der Waals surface area (Å²) in [4.78, 5) is 0. The fraction of sp³-hybridized carbons (Fsp3) is 0.619. The second-order valence-corrected chi connectivity index (χ2v) is 13.6. The number of sulfone groups is 1. The van der Waals surface area contributed by atoms with Crippen LogP contribution in [0.3, 0.4) is 0 Å². The van der Waals surface area contributed by atoms with Gasteiger partial charge in [-0.1, -0.05) is 18.2 Å². The van der Waals surface area contributed by atoms with Crippen LogP contribution in [0.4, 0.5) is 26.3 Å². The van der Waals surface area contributed by atoms with Crippen LogP contribution >= 0.6 is 0 Å². The molecule has 0 atom stereocenters. The van der Waals surface area contributed by atoms with Gasteiger partial charge in [0.25, 0.3) is 0 Å². The van der Waals surface area contributed by atoms with Crippen molar-refractivity contribution in [3.63, 3.8) is 0 Å². The number of hydrogen-bond acceptors (Lipinski definition) is 6. The Balaban J connectivity index is 1.68. The normalized spacial score (nSPS) is 25.3. The molecule has 7 nitrogen and oxygen atoms in total. The third-order valence-electron chi connectivity index (χ3n) is 7.56. The minimum atomic E-state index is -5.33. The standard InChI is InChI=1S/C21H23F6N3O4S2/c1-35(31,32)30-16(14-4-2-3-5-15(14)20(22,23)24)28-29-17(30)19-9-6-18(7-10-19,8-11-19)12-13-36(33,34)21(25,26)27/h2-5H,6-13H2,1H3. The third kappa shape index (κ3) is 4.63. The van der Waals surface area contributed by atoms with Crippen LogP contribution in [0.5, 0.6) is 0 Å². The first-order chi connectivity index (χ1) is 16.4. The van der Waals surface area contributed by atoms with E-state index in [0.29, 0.717) is 38.5 Å². The quantitative estimate of drug-likeness (QED) is 0.477. The van der Waals surface area contributed by atoms with E-state index >= 15 is 0 Å². The fourth-order valence-electron chi connectivity index (χ4n) is 5.44. The molecule has 3 aliphatic carbocycles. The minimum Gasteiger partial charge on any atom is -0.220 e. The maximum atomic E-state index is 13.6. The third-order valence-corrected chi connectivity index (χ3v) is 10.0. The van der Waals surface area contributed by atoms with Crippen molar-refractivity contribution in [3.8, 4) is 11.4 Å². The van der Waals surface area contributed by atoms with Gasteiger partial charge in [-0.15, -0.1) is 10.2 Å². The van der Waals surface area contributed by atoms with Crippen LogP contribution in [0.15, 0.2) is 24.3 Å². The molecule has 1 aromatic carbocycles. The van der Waals surface area contributed by atoms with Crippen molar-refractivity contribution in [3.05, 3.63) is 35.7 Å². The number of benzene rings is 1. The van der Waals surface area contributed by atoms with Crippen LogP contribution in [0.1, 0.15) is 56.3 Å². The first-order valence-electron chi connectivity index (χ1n) is 11.0. The lowest BCUT2D eigenvalue weighted by atomic mass is 9.53. The van der Waals surface area contributed by atoms with Gasteiger partial charge in [0, 0.05) is 11.0 Å². The summed E-state index contributed by atoms with van der Waals surface area (Å²) in [7, 11) is -9.42. The molecule has 0 spiro atoms. The van der Waals surface area contributed by atoms with E-state index in [9.17, 15) is 43.2 Å². The van der Waals surface area contributed by atoms with Gasteiger partial charge < -0.3 is 0 Å². The zero-order chi connectivity index (χ0) is 26.8. The van der Waals surface area contributed by atoms with Crippen LogP contribution < -0.4 is 0 Å². The van der Waals surface area contributed by atoms with Crippen LogP contribution in [0.2, 0.25) is 0 Å². The second kappa shape index (κ2) is 8.43. The van der Waals surface area contributed by atoms with E-state index in [1.807, 2.05) is 0 Å². The van der Waals surface area contributed by atoms with Gasteiger partial charge in [-0.3, -0.25) is 0 Å². The smallest absolute Gasteiger partial charge is 0.220 e. The topological polar surface area (TPSA) is 99.0 Å². The predicted octanol–water partition coefficient (Wildman–Crippen LogP) is 4.69. The van der Waals surface area contributed by atoms with E-state index in [2.05, 4.69) is 10.2 Å². The van der Waals surface area contributed by atoms with Gasteiger partial charge in [0.2, 0.25) is 19.9 Å². The highest BCUT2D eigenvalue weighted by Gasteiger charge is 2.54. The first-order valence-corrected chi connectivity index (χ1v) is 14.5. The number of rotatable bonds is 6. The number of hydrogen-bond donors (Lipinski definition) is 0. The summed E-state index contributed by atoms with van der Waals surface area (Å²) in [6, 6.07) is 4.44. The Hall–Kier alpha value is -2.16. The van der Waals surface area contributed by atoms with Crippen molar-refractivity contribution in [2.75, 3.05) is 12.0 Å². The highest BCUT2D eigenvalue weighted by Crippen LogP contribution is 2.59. The highest BCUT2D eigenvalue weighted by atomic mass is 32.2. The fourth-order valence-corrected chi connectivity index (χ4v) is 7.37. The summed E-state index contributed by atoms with van der Waals surface area (Å²) in [5.41, 5.74) is -8.33. The SMILES string of the molecule is CS(=O)(=O)n1c(-c2ccccc2C(F)(F)F)nnc1C12CCC(CCS(=O)(=O)C(F)(F)F)(CC1)CC2. The van der Waals surface area contributed by atoms with E-state index in [4.69, 9.17) is 0 Å². The van der Waals surface area contributed by atoms with Crippen molar-refractivity contribution in [1.82, 2.24) is 14.2 Å². The minimum absolute atomic E-state index is 0.00630. The maximum absolute atomic E-state index is 13.6. The Labute approximate surface area is 203 Å². The number of alkyl halides is 6. The molecule has 0 saturated heterocycles. The highest BCUT2D eigenvalue weighted by molar-refractivity contribution is 7.92. The largest absolute Gasteiger partial charge is 0.497 e. The van der Waals surface area contributed by atoms with E-state index in [1.54, 1.807) is 0 Å². The molecule has 0 aliphatic heterocycles.